The fourth-order valence-corrected chi connectivity index (χ4v) is 7.62. The molecule has 0 amide bonds. The minimum Gasteiger partial charge on any atom is -0.398 e. The summed E-state index contributed by atoms with van der Waals surface area (Å²) in [6.07, 6.45) is 0. The summed E-state index contributed by atoms with van der Waals surface area (Å²) in [5, 5.41) is 0. The van der Waals surface area contributed by atoms with Crippen molar-refractivity contribution in [1.82, 2.24) is 9.80 Å². The number of nitrogens with zero attached hydrogens (tertiary/aromatic N) is 2. The molecule has 92 valence electrons. The summed E-state index contributed by atoms with van der Waals surface area (Å²) >= 11 is 0. The molecule has 0 rings (SSSR count). The minimum atomic E-state index is -1.84. The summed E-state index contributed by atoms with van der Waals surface area (Å²) in [6.45, 7) is 2.14. The molecule has 0 saturated carbocycles. The lowest BCUT2D eigenvalue weighted by molar-refractivity contribution is 0.199. The second kappa shape index (κ2) is 6.77. The lowest BCUT2D eigenvalue weighted by Crippen LogP contribution is -2.49. The molecule has 0 saturated heterocycles. The first kappa shape index (κ1) is 15.3. The van der Waals surface area contributed by atoms with Crippen molar-refractivity contribution in [3.63, 3.8) is 0 Å². The van der Waals surface area contributed by atoms with Gasteiger partial charge in [-0.1, -0.05) is 0 Å². The summed E-state index contributed by atoms with van der Waals surface area (Å²) in [7, 11) is 10.0. The van der Waals surface area contributed by atoms with Crippen molar-refractivity contribution in [2.75, 3.05) is 42.4 Å². The summed E-state index contributed by atoms with van der Waals surface area (Å²) in [6, 6.07) is 0. The highest BCUT2D eigenvalue weighted by Crippen LogP contribution is 2.11. The minimum absolute atomic E-state index is 0.232. The molecule has 6 heteroatoms. The Labute approximate surface area is 97.6 Å². The van der Waals surface area contributed by atoms with Gasteiger partial charge in [0, 0.05) is 20.0 Å². The Balaban J connectivity index is 4.20. The normalized spacial score (nSPS) is 14.0. The van der Waals surface area contributed by atoms with E-state index in [1.54, 1.807) is 14.2 Å². The third-order valence-electron chi connectivity index (χ3n) is 2.91. The maximum absolute atomic E-state index is 5.51. The van der Waals surface area contributed by atoms with Crippen LogP contribution in [0.25, 0.3) is 0 Å². The van der Waals surface area contributed by atoms with E-state index in [-0.39, 0.29) is 9.52 Å². The second-order valence-corrected chi connectivity index (χ2v) is 10.9. The topological polar surface area (TPSA) is 24.9 Å². The number of hydrogen-bond acceptors (Lipinski definition) is 4. The van der Waals surface area contributed by atoms with Gasteiger partial charge in [-0.15, -0.1) is 0 Å². The van der Waals surface area contributed by atoms with E-state index >= 15 is 0 Å². The molecule has 0 aromatic rings. The quantitative estimate of drug-likeness (QED) is 0.465. The van der Waals surface area contributed by atoms with Crippen LogP contribution in [0.15, 0.2) is 0 Å². The molecule has 0 aliphatic heterocycles. The van der Waals surface area contributed by atoms with Crippen LogP contribution >= 0.6 is 0 Å². The Morgan fingerprint density at radius 3 is 1.73 bits per heavy atom. The van der Waals surface area contributed by atoms with Gasteiger partial charge < -0.3 is 8.85 Å². The van der Waals surface area contributed by atoms with Gasteiger partial charge in [-0.05, 0) is 40.4 Å². The van der Waals surface area contributed by atoms with Crippen LogP contribution in [-0.4, -0.2) is 76.1 Å². The SMILES string of the molecule is CO[Si](C)(C[SiH2]C(N(C)C)N(C)C)OC. The Morgan fingerprint density at radius 1 is 1.07 bits per heavy atom. The predicted molar refractivity (Wildman–Crippen MR) is 70.1 cm³/mol. The lowest BCUT2D eigenvalue weighted by atomic mass is 10.8. The van der Waals surface area contributed by atoms with Crippen LogP contribution in [0, 0.1) is 0 Å². The van der Waals surface area contributed by atoms with Gasteiger partial charge in [0.05, 0.1) is 9.52 Å². The maximum atomic E-state index is 5.51. The van der Waals surface area contributed by atoms with Gasteiger partial charge in [-0.25, -0.2) is 0 Å². The van der Waals surface area contributed by atoms with Gasteiger partial charge in [-0.3, -0.25) is 9.80 Å². The van der Waals surface area contributed by atoms with Gasteiger partial charge >= 0.3 is 8.56 Å². The summed E-state index contributed by atoms with van der Waals surface area (Å²) in [5.74, 6) is 0.585. The molecule has 0 atom stereocenters. The van der Waals surface area contributed by atoms with Crippen molar-refractivity contribution < 1.29 is 8.85 Å². The summed E-state index contributed by atoms with van der Waals surface area (Å²) in [4.78, 5) is 4.57. The predicted octanol–water partition coefficient (Wildman–Crippen LogP) is -0.116. The zero-order valence-corrected chi connectivity index (χ0v) is 13.6. The molecule has 0 N–H and O–H groups in total. The van der Waals surface area contributed by atoms with Crippen molar-refractivity contribution in [3.8, 4) is 0 Å². The molecule has 0 fully saturated rings. The molecule has 0 spiro atoms. The molecule has 0 radical (unpaired) electrons. The molecule has 0 aromatic carbocycles. The first-order valence-corrected chi connectivity index (χ1v) is 9.63. The van der Waals surface area contributed by atoms with E-state index in [0.717, 1.165) is 5.67 Å². The van der Waals surface area contributed by atoms with Gasteiger partial charge in [0.15, 0.2) is 0 Å². The first-order chi connectivity index (χ1) is 6.86. The molecule has 0 bridgehead atoms. The number of rotatable bonds is 7. The van der Waals surface area contributed by atoms with E-state index in [4.69, 9.17) is 8.85 Å². The molecule has 0 unspecified atom stereocenters. The lowest BCUT2D eigenvalue weighted by Gasteiger charge is -2.32. The molecule has 0 heterocycles. The Bertz CT molecular complexity index is 167. The standard InChI is InChI=1S/C9H26N2O2Si2/c1-10(2)9(11(3)4)14-8-15(7,12-5)13-6/h9H,8,14H2,1-7H3. The average molecular weight is 250 g/mol. The summed E-state index contributed by atoms with van der Waals surface area (Å²) < 4.78 is 11.0. The molecule has 0 aliphatic carbocycles. The van der Waals surface area contributed by atoms with E-state index in [9.17, 15) is 0 Å². The van der Waals surface area contributed by atoms with Crippen molar-refractivity contribution in [1.29, 1.82) is 0 Å². The second-order valence-electron chi connectivity index (χ2n) is 4.49. The molecule has 15 heavy (non-hydrogen) atoms. The highest BCUT2D eigenvalue weighted by atomic mass is 28.4. The van der Waals surface area contributed by atoms with Crippen LogP contribution < -0.4 is 0 Å². The Kier molecular flexibility index (Phi) is 6.89. The first-order valence-electron chi connectivity index (χ1n) is 5.29. The maximum Gasteiger partial charge on any atom is 0.331 e. The monoisotopic (exact) mass is 250 g/mol. The van der Waals surface area contributed by atoms with Gasteiger partial charge in [0.1, 0.15) is 0 Å². The molecule has 4 nitrogen and oxygen atoms in total. The van der Waals surface area contributed by atoms with E-state index < -0.39 is 8.56 Å². The zero-order chi connectivity index (χ0) is 12.1. The molecular formula is C9H26N2O2Si2. The Morgan fingerprint density at radius 2 is 1.47 bits per heavy atom. The van der Waals surface area contributed by atoms with Crippen LogP contribution in [0.3, 0.4) is 0 Å². The van der Waals surface area contributed by atoms with Crippen LogP contribution in [-0.2, 0) is 8.85 Å². The number of hydrogen-bond donors (Lipinski definition) is 0. The summed E-state index contributed by atoms with van der Waals surface area (Å²) in [5.41, 5.74) is 1.15. The van der Waals surface area contributed by atoms with E-state index in [0.29, 0.717) is 5.79 Å². The van der Waals surface area contributed by atoms with Gasteiger partial charge in [-0.2, -0.15) is 0 Å². The molecular weight excluding hydrogens is 224 g/mol. The van der Waals surface area contributed by atoms with Crippen LogP contribution in [0.5, 0.6) is 0 Å². The smallest absolute Gasteiger partial charge is 0.331 e. The fraction of sp³-hybridized carbons (Fsp3) is 1.00. The zero-order valence-electron chi connectivity index (χ0n) is 11.2. The molecule has 0 aromatic heterocycles. The highest BCUT2D eigenvalue weighted by Gasteiger charge is 2.30. The average Bonchev–Trinajstić information content (AvgIpc) is 2.16. The van der Waals surface area contributed by atoms with Crippen molar-refractivity contribution >= 4 is 18.1 Å². The van der Waals surface area contributed by atoms with Gasteiger partial charge in [0.25, 0.3) is 0 Å². The van der Waals surface area contributed by atoms with E-state index in [2.05, 4.69) is 44.5 Å². The van der Waals surface area contributed by atoms with E-state index in [1.807, 2.05) is 0 Å². The van der Waals surface area contributed by atoms with Crippen LogP contribution in [0.2, 0.25) is 12.2 Å². The van der Waals surface area contributed by atoms with E-state index in [1.165, 1.54) is 0 Å². The van der Waals surface area contributed by atoms with Crippen molar-refractivity contribution in [2.24, 2.45) is 0 Å². The van der Waals surface area contributed by atoms with Crippen LogP contribution in [0.1, 0.15) is 0 Å². The highest BCUT2D eigenvalue weighted by molar-refractivity contribution is 6.75. The fourth-order valence-electron chi connectivity index (χ4n) is 1.66. The Hall–Kier alpha value is 0.274. The van der Waals surface area contributed by atoms with Gasteiger partial charge in [0.2, 0.25) is 0 Å². The largest absolute Gasteiger partial charge is 0.398 e. The third-order valence-corrected chi connectivity index (χ3v) is 11.4. The molecule has 0 aliphatic rings. The van der Waals surface area contributed by atoms with Crippen LogP contribution in [0.4, 0.5) is 0 Å². The third kappa shape index (κ3) is 5.23. The van der Waals surface area contributed by atoms with Crippen molar-refractivity contribution in [2.45, 2.75) is 18.0 Å². The van der Waals surface area contributed by atoms with Crippen molar-refractivity contribution in [3.05, 3.63) is 0 Å².